The monoisotopic (exact) mass is 646 g/mol. The van der Waals surface area contributed by atoms with Gasteiger partial charge in [-0.3, -0.25) is 0 Å². The number of hydrogen-bond acceptors (Lipinski definition) is 10. The third kappa shape index (κ3) is 3.39. The van der Waals surface area contributed by atoms with Crippen LogP contribution in [-0.2, 0) is 28.4 Å². The fourth-order valence-electron chi connectivity index (χ4n) is 13.7. The molecule has 4 heterocycles. The average Bonchev–Trinajstić information content (AvgIpc) is 3.85. The van der Waals surface area contributed by atoms with E-state index >= 15 is 0 Å². The lowest BCUT2D eigenvalue weighted by Gasteiger charge is -2.61. The molecule has 46 heavy (non-hydrogen) atoms. The topological polar surface area (TPSA) is 140 Å². The molecule has 9 rings (SSSR count). The van der Waals surface area contributed by atoms with Gasteiger partial charge in [-0.1, -0.05) is 46.3 Å². The van der Waals surface area contributed by atoms with E-state index in [0.717, 1.165) is 38.5 Å². The highest BCUT2D eigenvalue weighted by molar-refractivity contribution is 5.47. The summed E-state index contributed by atoms with van der Waals surface area (Å²) in [7, 11) is 1.68. The zero-order valence-corrected chi connectivity index (χ0v) is 28.4. The molecule has 0 aromatic heterocycles. The van der Waals surface area contributed by atoms with Gasteiger partial charge in [0, 0.05) is 30.8 Å². The number of rotatable bonds is 3. The van der Waals surface area contributed by atoms with Gasteiger partial charge in [0.1, 0.15) is 30.0 Å². The highest BCUT2D eigenvalue weighted by Crippen LogP contribution is 2.88. The molecular formula is C36H54O10. The Bertz CT molecular complexity index is 1350. The normalized spacial score (nSPS) is 63.9. The summed E-state index contributed by atoms with van der Waals surface area (Å²) in [5.41, 5.74) is 0.563. The quantitative estimate of drug-likeness (QED) is 0.267. The van der Waals surface area contributed by atoms with Crippen molar-refractivity contribution < 1.29 is 48.8 Å². The first-order valence-electron chi connectivity index (χ1n) is 17.8. The summed E-state index contributed by atoms with van der Waals surface area (Å²) in [4.78, 5) is 0. The lowest BCUT2D eigenvalue weighted by atomic mass is 9.44. The fourth-order valence-corrected chi connectivity index (χ4v) is 13.7. The second-order valence-electron chi connectivity index (χ2n) is 18.1. The van der Waals surface area contributed by atoms with E-state index in [1.54, 1.807) is 12.7 Å². The van der Waals surface area contributed by atoms with Crippen molar-refractivity contribution in [1.82, 2.24) is 0 Å². The van der Waals surface area contributed by atoms with Crippen molar-refractivity contribution in [2.75, 3.05) is 13.7 Å². The van der Waals surface area contributed by atoms with Crippen LogP contribution < -0.4 is 0 Å². The number of fused-ring (bicyclic) bond motifs is 6. The summed E-state index contributed by atoms with van der Waals surface area (Å²) in [6.07, 6.45) is 2.53. The largest absolute Gasteiger partial charge is 0.392 e. The van der Waals surface area contributed by atoms with Gasteiger partial charge in [-0.05, 0) is 73.0 Å². The number of aliphatic hydroxyl groups excluding tert-OH is 4. The molecule has 5 aliphatic carbocycles. The Hall–Kier alpha value is -0.660. The molecule has 4 saturated heterocycles. The van der Waals surface area contributed by atoms with E-state index < -0.39 is 48.4 Å². The first kappa shape index (κ1) is 31.3. The first-order valence-corrected chi connectivity index (χ1v) is 17.8. The maximum absolute atomic E-state index is 12.1. The van der Waals surface area contributed by atoms with E-state index in [1.807, 2.05) is 0 Å². The molecule has 3 spiro atoms. The van der Waals surface area contributed by atoms with Crippen LogP contribution in [0, 0.1) is 44.8 Å². The second-order valence-corrected chi connectivity index (χ2v) is 18.1. The SMILES string of the molecule is CO[C@@H]1O[C@]2(C[C@@H](C)[C@H]3[C@H](C[C@@]4(C)C5=CCC6C(C)(C)[C@@H](O[C@@H]7OC[C@@H](O)[C@H](O)[C@H]7O)C[C@H](O)[C@@]67C[C@@]57CC[C@]34C)O2)[C@@H]2O[C@]12C. The molecule has 258 valence electrons. The molecule has 4 saturated carbocycles. The number of ether oxygens (including phenoxy) is 6. The third-order valence-corrected chi connectivity index (χ3v) is 16.0. The van der Waals surface area contributed by atoms with Crippen molar-refractivity contribution in [2.45, 2.75) is 153 Å². The highest BCUT2D eigenvalue weighted by atomic mass is 16.8. The summed E-state index contributed by atoms with van der Waals surface area (Å²) in [5.74, 6) is 0.253. The molecule has 10 heteroatoms. The zero-order valence-electron chi connectivity index (χ0n) is 28.4. The molecule has 0 radical (unpaired) electrons. The van der Waals surface area contributed by atoms with Gasteiger partial charge < -0.3 is 48.8 Å². The summed E-state index contributed by atoms with van der Waals surface area (Å²) >= 11 is 0. The maximum atomic E-state index is 12.1. The summed E-state index contributed by atoms with van der Waals surface area (Å²) in [6, 6.07) is 0. The predicted molar refractivity (Wildman–Crippen MR) is 163 cm³/mol. The van der Waals surface area contributed by atoms with Gasteiger partial charge in [0.25, 0.3) is 0 Å². The number of methoxy groups -OCH3 is 1. The van der Waals surface area contributed by atoms with Gasteiger partial charge in [-0.25, -0.2) is 0 Å². The van der Waals surface area contributed by atoms with E-state index in [1.165, 1.54) is 0 Å². The lowest BCUT2D eigenvalue weighted by molar-refractivity contribution is -0.348. The molecule has 0 aromatic carbocycles. The van der Waals surface area contributed by atoms with Gasteiger partial charge in [0.2, 0.25) is 5.79 Å². The van der Waals surface area contributed by atoms with E-state index in [-0.39, 0.29) is 57.9 Å². The number of aliphatic hydroxyl groups is 4. The standard InChI is InChI=1S/C36H54O10/c1-17-13-36(28-33(6,45-28)29(41-7)46-36)44-19-14-32(5)21-9-8-20-30(2,3)23(43-27-26(40)25(39)18(37)15-42-27)12-22(38)35(20)16-34(21,35)11-10-31(32,4)24(17)19/h9,17-20,22-29,37-40H,8,10-16H2,1-7H3/t17-,18-,19+,20?,22+,23+,24+,25+,26-,27+,28-,29-,31-,32+,33+,34+,35-,36-/m1/s1. The molecule has 9 aliphatic rings. The third-order valence-electron chi connectivity index (χ3n) is 16.0. The minimum atomic E-state index is -1.35. The molecule has 4 aliphatic heterocycles. The Morgan fingerprint density at radius 2 is 1.70 bits per heavy atom. The first-order chi connectivity index (χ1) is 21.5. The molecule has 10 nitrogen and oxygen atoms in total. The molecule has 1 unspecified atom stereocenters. The van der Waals surface area contributed by atoms with Crippen LogP contribution in [0.5, 0.6) is 0 Å². The van der Waals surface area contributed by atoms with Crippen molar-refractivity contribution in [3.8, 4) is 0 Å². The zero-order chi connectivity index (χ0) is 32.6. The molecule has 8 fully saturated rings. The average molecular weight is 647 g/mol. The van der Waals surface area contributed by atoms with Crippen molar-refractivity contribution in [2.24, 2.45) is 44.8 Å². The fraction of sp³-hybridized carbons (Fsp3) is 0.944. The molecule has 0 aromatic rings. The van der Waals surface area contributed by atoms with Crippen LogP contribution in [0.1, 0.15) is 86.5 Å². The van der Waals surface area contributed by atoms with E-state index in [9.17, 15) is 20.4 Å². The minimum absolute atomic E-state index is 0.0371. The molecule has 4 N–H and O–H groups in total. The Morgan fingerprint density at radius 1 is 0.935 bits per heavy atom. The second kappa shape index (κ2) is 9.16. The van der Waals surface area contributed by atoms with Crippen LogP contribution >= 0.6 is 0 Å². The van der Waals surface area contributed by atoms with Crippen molar-refractivity contribution >= 4 is 0 Å². The van der Waals surface area contributed by atoms with Crippen LogP contribution in [0.25, 0.3) is 0 Å². The summed E-state index contributed by atoms with van der Waals surface area (Å²) < 4.78 is 37.6. The number of epoxide rings is 1. The summed E-state index contributed by atoms with van der Waals surface area (Å²) in [5, 5.41) is 43.0. The smallest absolute Gasteiger partial charge is 0.201 e. The predicted octanol–water partition coefficient (Wildman–Crippen LogP) is 3.03. The Labute approximate surface area is 272 Å². The number of allylic oxidation sites excluding steroid dienone is 2. The van der Waals surface area contributed by atoms with Crippen LogP contribution in [0.15, 0.2) is 11.6 Å². The van der Waals surface area contributed by atoms with Crippen molar-refractivity contribution in [1.29, 1.82) is 0 Å². The minimum Gasteiger partial charge on any atom is -0.392 e. The summed E-state index contributed by atoms with van der Waals surface area (Å²) in [6.45, 7) is 13.8. The molecule has 18 atom stereocenters. The van der Waals surface area contributed by atoms with Gasteiger partial charge in [-0.15, -0.1) is 0 Å². The molecular weight excluding hydrogens is 592 g/mol. The van der Waals surface area contributed by atoms with Crippen molar-refractivity contribution in [3.05, 3.63) is 11.6 Å². The Kier molecular flexibility index (Phi) is 6.24. The van der Waals surface area contributed by atoms with E-state index in [2.05, 4.69) is 47.6 Å². The van der Waals surface area contributed by atoms with Crippen LogP contribution in [0.2, 0.25) is 0 Å². The highest BCUT2D eigenvalue weighted by Gasteiger charge is 2.85. The van der Waals surface area contributed by atoms with E-state index in [4.69, 9.17) is 28.4 Å². The van der Waals surface area contributed by atoms with Gasteiger partial charge >= 0.3 is 0 Å². The number of hydrogen-bond donors (Lipinski definition) is 4. The van der Waals surface area contributed by atoms with Crippen LogP contribution in [0.3, 0.4) is 0 Å². The lowest BCUT2D eigenvalue weighted by Crippen LogP contribution is -2.61. The van der Waals surface area contributed by atoms with Crippen LogP contribution in [0.4, 0.5) is 0 Å². The molecule has 0 amide bonds. The van der Waals surface area contributed by atoms with Crippen molar-refractivity contribution in [3.63, 3.8) is 0 Å². The van der Waals surface area contributed by atoms with Gasteiger partial charge in [-0.2, -0.15) is 0 Å². The van der Waals surface area contributed by atoms with Gasteiger partial charge in [0.05, 0.1) is 24.9 Å². The van der Waals surface area contributed by atoms with Gasteiger partial charge in [0.15, 0.2) is 12.6 Å². The van der Waals surface area contributed by atoms with E-state index in [0.29, 0.717) is 18.3 Å². The van der Waals surface area contributed by atoms with Crippen LogP contribution in [-0.4, -0.2) is 101 Å². The maximum Gasteiger partial charge on any atom is 0.201 e. The Morgan fingerprint density at radius 3 is 2.41 bits per heavy atom. The Balaban J connectivity index is 1.02. The molecule has 0 bridgehead atoms.